The second-order valence-electron chi connectivity index (χ2n) is 4.85. The fraction of sp³-hybridized carbons (Fsp3) is 0.917. The molecular weight excluding hydrogens is 250 g/mol. The van der Waals surface area contributed by atoms with Crippen LogP contribution < -0.4 is 0 Å². The van der Waals surface area contributed by atoms with E-state index in [1.807, 2.05) is 0 Å². The van der Waals surface area contributed by atoms with Gasteiger partial charge in [0.15, 0.2) is 0 Å². The van der Waals surface area contributed by atoms with Gasteiger partial charge in [-0.25, -0.2) is 0 Å². The summed E-state index contributed by atoms with van der Waals surface area (Å²) >= 11 is 0. The molecule has 0 spiro atoms. The molecule has 0 saturated carbocycles. The summed E-state index contributed by atoms with van der Waals surface area (Å²) in [6.45, 7) is 15.8. The van der Waals surface area contributed by atoms with Crippen molar-refractivity contribution in [2.24, 2.45) is 4.99 Å². The van der Waals surface area contributed by atoms with E-state index >= 15 is 0 Å². The molecule has 0 N–H and O–H groups in total. The number of hydrogen-bond donors (Lipinski definition) is 0. The van der Waals surface area contributed by atoms with Crippen LogP contribution in [0.3, 0.4) is 0 Å². The molecule has 0 aliphatic rings. The minimum absolute atomic E-state index is 0. The summed E-state index contributed by atoms with van der Waals surface area (Å²) in [4.78, 5) is 6.73. The first kappa shape index (κ1) is 18.3. The average Bonchev–Trinajstić information content (AvgIpc) is 2.13. The van der Waals surface area contributed by atoms with Crippen LogP contribution in [-0.2, 0) is 17.1 Å². The molecule has 100 valence electrons. The molecule has 0 fully saturated rings. The Morgan fingerprint density at radius 1 is 1.25 bits per heavy atom. The molecular formula is C12H26CuN3. The van der Waals surface area contributed by atoms with E-state index in [2.05, 4.69) is 56.8 Å². The number of likely N-dealkylation sites (N-methyl/N-ethyl adjacent to an activating group) is 1. The third-order valence-electron chi connectivity index (χ3n) is 2.33. The van der Waals surface area contributed by atoms with Crippen LogP contribution in [-0.4, -0.2) is 42.5 Å². The predicted molar refractivity (Wildman–Crippen MR) is 68.9 cm³/mol. The topological polar surface area (TPSA) is 29.7 Å². The van der Waals surface area contributed by atoms with E-state index in [1.165, 1.54) is 0 Å². The fourth-order valence-corrected chi connectivity index (χ4v) is 1.38. The Labute approximate surface area is 112 Å². The van der Waals surface area contributed by atoms with Crippen LogP contribution in [0.4, 0.5) is 0 Å². The Kier molecular flexibility index (Phi) is 10.3. The molecule has 0 saturated heterocycles. The van der Waals surface area contributed by atoms with Crippen LogP contribution in [0.5, 0.6) is 0 Å². The monoisotopic (exact) mass is 275 g/mol. The van der Waals surface area contributed by atoms with Crippen molar-refractivity contribution < 1.29 is 17.1 Å². The zero-order chi connectivity index (χ0) is 11.9. The van der Waals surface area contributed by atoms with Gasteiger partial charge in [-0.05, 0) is 32.1 Å². The summed E-state index contributed by atoms with van der Waals surface area (Å²) in [7, 11) is 0. The van der Waals surface area contributed by atoms with Crippen molar-refractivity contribution in [1.29, 1.82) is 0 Å². The van der Waals surface area contributed by atoms with E-state index < -0.39 is 0 Å². The molecule has 1 unspecified atom stereocenters. The molecule has 0 aromatic rings. The Morgan fingerprint density at radius 2 is 1.75 bits per heavy atom. The molecule has 4 heteroatoms. The van der Waals surface area contributed by atoms with Crippen molar-refractivity contribution >= 4 is 6.34 Å². The molecule has 3 nitrogen and oxygen atoms in total. The Balaban J connectivity index is 0. The third-order valence-corrected chi connectivity index (χ3v) is 2.33. The molecule has 0 rings (SSSR count). The Hall–Kier alpha value is -0.0505. The van der Waals surface area contributed by atoms with Gasteiger partial charge in [0, 0.05) is 6.04 Å². The molecule has 0 aromatic heterocycles. The molecule has 1 atom stereocenters. The molecule has 0 aromatic carbocycles. The SMILES string of the molecule is CCN(CC)C(C)C[N-]C=NC(C)(C)C.[Cu+]. The van der Waals surface area contributed by atoms with Gasteiger partial charge in [0.1, 0.15) is 0 Å². The van der Waals surface area contributed by atoms with Gasteiger partial charge < -0.3 is 15.2 Å². The molecule has 0 bridgehead atoms. The normalized spacial score (nSPS) is 13.9. The van der Waals surface area contributed by atoms with Crippen LogP contribution >= 0.6 is 0 Å². The maximum Gasteiger partial charge on any atom is 1.00 e. The van der Waals surface area contributed by atoms with Crippen molar-refractivity contribution in [3.63, 3.8) is 0 Å². The number of aliphatic imine (C=N–C) groups is 1. The van der Waals surface area contributed by atoms with Crippen LogP contribution in [0.2, 0.25) is 0 Å². The summed E-state index contributed by atoms with van der Waals surface area (Å²) in [5.74, 6) is 0. The minimum atomic E-state index is -0.0120. The van der Waals surface area contributed by atoms with E-state index in [9.17, 15) is 0 Å². The number of nitrogens with zero attached hydrogens (tertiary/aromatic N) is 3. The average molecular weight is 276 g/mol. The number of rotatable bonds is 6. The van der Waals surface area contributed by atoms with E-state index in [0.717, 1.165) is 19.6 Å². The first-order chi connectivity index (χ1) is 6.90. The standard InChI is InChI=1S/C12H26N3.Cu/c1-7-15(8-2)11(3)9-13-10-14-12(4,5)6;/h10-11H,7-9H2,1-6H3;/q-1;+1. The van der Waals surface area contributed by atoms with Gasteiger partial charge in [-0.2, -0.15) is 0 Å². The van der Waals surface area contributed by atoms with E-state index in [-0.39, 0.29) is 22.6 Å². The second kappa shape index (κ2) is 9.03. The third kappa shape index (κ3) is 9.20. The summed E-state index contributed by atoms with van der Waals surface area (Å²) in [6.07, 6.45) is 1.71. The molecule has 0 aliphatic heterocycles. The van der Waals surface area contributed by atoms with Gasteiger partial charge >= 0.3 is 17.1 Å². The van der Waals surface area contributed by atoms with Crippen LogP contribution in [0.25, 0.3) is 5.32 Å². The van der Waals surface area contributed by atoms with Crippen LogP contribution in [0.15, 0.2) is 4.99 Å². The van der Waals surface area contributed by atoms with Crippen molar-refractivity contribution in [2.75, 3.05) is 19.6 Å². The van der Waals surface area contributed by atoms with Gasteiger partial charge in [0.25, 0.3) is 0 Å². The molecule has 0 heterocycles. The van der Waals surface area contributed by atoms with Crippen molar-refractivity contribution in [2.45, 2.75) is 53.1 Å². The Bertz CT molecular complexity index is 183. The summed E-state index contributed by atoms with van der Waals surface area (Å²) < 4.78 is 0. The Morgan fingerprint density at radius 3 is 2.12 bits per heavy atom. The smallest absolute Gasteiger partial charge is 0.470 e. The van der Waals surface area contributed by atoms with E-state index in [4.69, 9.17) is 0 Å². The zero-order valence-corrected chi connectivity index (χ0v) is 12.4. The minimum Gasteiger partial charge on any atom is -0.470 e. The first-order valence-electron chi connectivity index (χ1n) is 5.85. The van der Waals surface area contributed by atoms with Crippen LogP contribution in [0.1, 0.15) is 41.5 Å². The molecule has 0 aliphatic carbocycles. The largest absolute Gasteiger partial charge is 1.00 e. The van der Waals surface area contributed by atoms with Gasteiger partial charge in [0.05, 0.1) is 0 Å². The molecule has 0 radical (unpaired) electrons. The van der Waals surface area contributed by atoms with E-state index in [1.54, 1.807) is 6.34 Å². The van der Waals surface area contributed by atoms with Crippen LogP contribution in [0, 0.1) is 0 Å². The fourth-order valence-electron chi connectivity index (χ4n) is 1.38. The summed E-state index contributed by atoms with van der Waals surface area (Å²) in [5, 5.41) is 4.34. The van der Waals surface area contributed by atoms with Crippen molar-refractivity contribution in [3.05, 3.63) is 5.32 Å². The van der Waals surface area contributed by atoms with E-state index in [0.29, 0.717) is 6.04 Å². The van der Waals surface area contributed by atoms with Gasteiger partial charge in [-0.1, -0.05) is 34.6 Å². The maximum atomic E-state index is 4.34. The zero-order valence-electron chi connectivity index (χ0n) is 11.4. The summed E-state index contributed by atoms with van der Waals surface area (Å²) in [6, 6.07) is 0.506. The molecule has 16 heavy (non-hydrogen) atoms. The number of hydrogen-bond acceptors (Lipinski definition) is 2. The predicted octanol–water partition coefficient (Wildman–Crippen LogP) is 2.91. The van der Waals surface area contributed by atoms with Crippen molar-refractivity contribution in [3.8, 4) is 0 Å². The first-order valence-corrected chi connectivity index (χ1v) is 5.85. The maximum absolute atomic E-state index is 4.34. The second-order valence-corrected chi connectivity index (χ2v) is 4.85. The molecule has 0 amide bonds. The van der Waals surface area contributed by atoms with Crippen molar-refractivity contribution in [1.82, 2.24) is 4.90 Å². The quantitative estimate of drug-likeness (QED) is 0.416. The van der Waals surface area contributed by atoms with Gasteiger partial charge in [-0.3, -0.25) is 0 Å². The summed E-state index contributed by atoms with van der Waals surface area (Å²) in [5.41, 5.74) is -0.0120. The van der Waals surface area contributed by atoms with Gasteiger partial charge in [-0.15, -0.1) is 6.34 Å². The van der Waals surface area contributed by atoms with Gasteiger partial charge in [0.2, 0.25) is 0 Å².